The second-order valence-electron chi connectivity index (χ2n) is 3.30. The molecule has 3 N–H and O–H groups in total. The van der Waals surface area contributed by atoms with Gasteiger partial charge in [-0.15, -0.1) is 5.10 Å². The molecule has 9 heteroatoms. The highest BCUT2D eigenvalue weighted by molar-refractivity contribution is 7.93. The van der Waals surface area contributed by atoms with Gasteiger partial charge in [-0.1, -0.05) is 16.3 Å². The van der Waals surface area contributed by atoms with Crippen molar-refractivity contribution in [2.45, 2.75) is 4.90 Å². The van der Waals surface area contributed by atoms with E-state index in [1.54, 1.807) is 0 Å². The molecule has 0 aliphatic rings. The van der Waals surface area contributed by atoms with Crippen molar-refractivity contribution in [3.63, 3.8) is 0 Å². The summed E-state index contributed by atoms with van der Waals surface area (Å²) in [5.41, 5.74) is 5.74. The van der Waals surface area contributed by atoms with Crippen LogP contribution in [-0.2, 0) is 10.0 Å². The molecule has 0 fully saturated rings. The summed E-state index contributed by atoms with van der Waals surface area (Å²) in [6, 6.07) is 1.42. The molecule has 7 nitrogen and oxygen atoms in total. The van der Waals surface area contributed by atoms with Crippen molar-refractivity contribution in [2.24, 2.45) is 5.73 Å². The topological polar surface area (TPSA) is 111 Å². The number of rotatable bonds is 3. The summed E-state index contributed by atoms with van der Waals surface area (Å²) >= 11 is 0.946. The molecule has 0 saturated carbocycles. The SMILES string of the molecule is NCC#Cc1cncc(S(=O)(=O)Nc2cnns2)c1. The van der Waals surface area contributed by atoms with Gasteiger partial charge in [-0.25, -0.2) is 8.42 Å². The first-order valence-corrected chi connectivity index (χ1v) is 7.31. The minimum Gasteiger partial charge on any atom is -0.320 e. The van der Waals surface area contributed by atoms with Crippen molar-refractivity contribution >= 4 is 26.6 Å². The Kier molecular flexibility index (Phi) is 4.06. The molecule has 0 aliphatic heterocycles. The van der Waals surface area contributed by atoms with Crippen LogP contribution in [0.2, 0.25) is 0 Å². The lowest BCUT2D eigenvalue weighted by molar-refractivity contribution is 0.601. The normalized spacial score (nSPS) is 10.6. The molecule has 0 unspecified atom stereocenters. The largest absolute Gasteiger partial charge is 0.320 e. The molecule has 0 amide bonds. The third-order valence-corrected chi connectivity index (χ3v) is 4.00. The summed E-state index contributed by atoms with van der Waals surface area (Å²) in [5, 5.41) is 3.88. The van der Waals surface area contributed by atoms with E-state index in [9.17, 15) is 8.42 Å². The zero-order valence-electron chi connectivity index (χ0n) is 9.57. The number of hydrogen-bond acceptors (Lipinski definition) is 7. The molecule has 2 aromatic heterocycles. The fourth-order valence-corrected chi connectivity index (χ4v) is 2.86. The average Bonchev–Trinajstić information content (AvgIpc) is 2.89. The highest BCUT2D eigenvalue weighted by atomic mass is 32.2. The quantitative estimate of drug-likeness (QED) is 0.774. The maximum Gasteiger partial charge on any atom is 0.264 e. The molecule has 0 aliphatic carbocycles. The van der Waals surface area contributed by atoms with Gasteiger partial charge in [-0.2, -0.15) is 0 Å². The Morgan fingerprint density at radius 3 is 2.89 bits per heavy atom. The van der Waals surface area contributed by atoms with E-state index in [1.165, 1.54) is 24.7 Å². The molecule has 2 aromatic rings. The molecule has 0 spiro atoms. The first kappa shape index (κ1) is 13.4. The van der Waals surface area contributed by atoms with Crippen molar-refractivity contribution in [2.75, 3.05) is 11.3 Å². The lowest BCUT2D eigenvalue weighted by Gasteiger charge is -2.04. The van der Waals surface area contributed by atoms with Crippen LogP contribution in [0, 0.1) is 11.8 Å². The fraction of sp³-hybridized carbons (Fsp3) is 0.100. The van der Waals surface area contributed by atoms with Gasteiger partial charge in [-0.3, -0.25) is 9.71 Å². The minimum atomic E-state index is -3.71. The van der Waals surface area contributed by atoms with Crippen molar-refractivity contribution in [1.82, 2.24) is 14.6 Å². The number of sulfonamides is 1. The predicted octanol–water partition coefficient (Wildman–Crippen LogP) is 0.0441. The molecule has 2 rings (SSSR count). The lowest BCUT2D eigenvalue weighted by Crippen LogP contribution is -2.12. The summed E-state index contributed by atoms with van der Waals surface area (Å²) in [7, 11) is -3.71. The van der Waals surface area contributed by atoms with Crippen LogP contribution in [0.1, 0.15) is 5.56 Å². The minimum absolute atomic E-state index is 0.0183. The van der Waals surface area contributed by atoms with E-state index >= 15 is 0 Å². The van der Waals surface area contributed by atoms with E-state index in [0.29, 0.717) is 10.6 Å². The summed E-state index contributed by atoms with van der Waals surface area (Å²) < 4.78 is 30.0. The molecule has 0 atom stereocenters. The molecule has 98 valence electrons. The van der Waals surface area contributed by atoms with E-state index in [4.69, 9.17) is 5.73 Å². The highest BCUT2D eigenvalue weighted by Crippen LogP contribution is 2.17. The van der Waals surface area contributed by atoms with Gasteiger partial charge in [0, 0.05) is 29.5 Å². The van der Waals surface area contributed by atoms with E-state index in [-0.39, 0.29) is 11.4 Å². The van der Waals surface area contributed by atoms with Crippen molar-refractivity contribution in [1.29, 1.82) is 0 Å². The Morgan fingerprint density at radius 2 is 2.21 bits per heavy atom. The van der Waals surface area contributed by atoms with Gasteiger partial charge < -0.3 is 5.73 Å². The van der Waals surface area contributed by atoms with Gasteiger partial charge in [0.1, 0.15) is 9.90 Å². The Morgan fingerprint density at radius 1 is 1.37 bits per heavy atom. The zero-order valence-corrected chi connectivity index (χ0v) is 11.2. The van der Waals surface area contributed by atoms with Crippen molar-refractivity contribution < 1.29 is 8.42 Å². The van der Waals surface area contributed by atoms with Crippen LogP contribution in [0.5, 0.6) is 0 Å². The molecule has 0 bridgehead atoms. The van der Waals surface area contributed by atoms with Gasteiger partial charge in [0.15, 0.2) is 0 Å². The zero-order chi connectivity index (χ0) is 13.7. The maximum atomic E-state index is 12.1. The number of nitrogens with two attached hydrogens (primary N) is 1. The van der Waals surface area contributed by atoms with E-state index in [0.717, 1.165) is 11.5 Å². The summed E-state index contributed by atoms with van der Waals surface area (Å²) in [6.45, 7) is 0.196. The monoisotopic (exact) mass is 295 g/mol. The molecule has 0 saturated heterocycles. The second kappa shape index (κ2) is 5.75. The number of nitrogens with zero attached hydrogens (tertiary/aromatic N) is 3. The standard InChI is InChI=1S/C10H9N5O2S2/c11-3-1-2-8-4-9(6-12-5-8)19(16,17)14-10-7-13-15-18-10/h4-7,14H,3,11H2. The molecular weight excluding hydrogens is 286 g/mol. The summed E-state index contributed by atoms with van der Waals surface area (Å²) in [6.07, 6.45) is 4.04. The Hall–Kier alpha value is -2.02. The van der Waals surface area contributed by atoms with E-state index < -0.39 is 10.0 Å². The Labute approximate surface area is 114 Å². The maximum absolute atomic E-state index is 12.1. The molecule has 0 radical (unpaired) electrons. The van der Waals surface area contributed by atoms with E-state index in [2.05, 4.69) is 31.1 Å². The van der Waals surface area contributed by atoms with Crippen LogP contribution >= 0.6 is 11.5 Å². The number of anilines is 1. The number of hydrogen-bond donors (Lipinski definition) is 2. The third-order valence-electron chi connectivity index (χ3n) is 1.95. The van der Waals surface area contributed by atoms with Crippen LogP contribution in [0.3, 0.4) is 0 Å². The third kappa shape index (κ3) is 3.47. The van der Waals surface area contributed by atoms with Crippen LogP contribution in [0.25, 0.3) is 0 Å². The van der Waals surface area contributed by atoms with Crippen LogP contribution in [0.4, 0.5) is 5.00 Å². The van der Waals surface area contributed by atoms with Gasteiger partial charge >= 0.3 is 0 Å². The Bertz CT molecular complexity index is 716. The Balaban J connectivity index is 2.30. The summed E-state index contributed by atoms with van der Waals surface area (Å²) in [4.78, 5) is 3.86. The molecule has 2 heterocycles. The molecule has 19 heavy (non-hydrogen) atoms. The fourth-order valence-electron chi connectivity index (χ4n) is 1.19. The predicted molar refractivity (Wildman–Crippen MR) is 70.9 cm³/mol. The van der Waals surface area contributed by atoms with Gasteiger partial charge in [0.2, 0.25) is 0 Å². The second-order valence-corrected chi connectivity index (χ2v) is 5.77. The smallest absolute Gasteiger partial charge is 0.264 e. The first-order chi connectivity index (χ1) is 9.12. The van der Waals surface area contributed by atoms with Crippen LogP contribution in [-0.4, -0.2) is 29.5 Å². The van der Waals surface area contributed by atoms with Gasteiger partial charge in [0.05, 0.1) is 12.7 Å². The summed E-state index contributed by atoms with van der Waals surface area (Å²) in [5.74, 6) is 5.36. The van der Waals surface area contributed by atoms with Crippen molar-refractivity contribution in [3.05, 3.63) is 30.2 Å². The number of nitrogens with one attached hydrogen (secondary N) is 1. The van der Waals surface area contributed by atoms with Gasteiger partial charge in [-0.05, 0) is 6.07 Å². The van der Waals surface area contributed by atoms with Crippen LogP contribution < -0.4 is 10.5 Å². The molecular formula is C10H9N5O2S2. The van der Waals surface area contributed by atoms with Gasteiger partial charge in [0.25, 0.3) is 10.0 Å². The number of pyridine rings is 1. The average molecular weight is 295 g/mol. The van der Waals surface area contributed by atoms with E-state index in [1.807, 2.05) is 0 Å². The molecule has 0 aromatic carbocycles. The van der Waals surface area contributed by atoms with Crippen molar-refractivity contribution in [3.8, 4) is 11.8 Å². The van der Waals surface area contributed by atoms with Crippen LogP contribution in [0.15, 0.2) is 29.6 Å². The lowest BCUT2D eigenvalue weighted by atomic mass is 10.3. The first-order valence-electron chi connectivity index (χ1n) is 5.06. The number of aromatic nitrogens is 3. The highest BCUT2D eigenvalue weighted by Gasteiger charge is 2.16.